The lowest BCUT2D eigenvalue weighted by Gasteiger charge is -2.18. The van der Waals surface area contributed by atoms with Crippen molar-refractivity contribution >= 4 is 22.3 Å². The standard InChI is InChI=1S/C20H23N3O3S/c1-5-6-16-22-23-17(24)11-15(21-19(23)27-16)12-26-18(25)13-7-9-14(10-8-13)20(2,3)4/h7-11H,5-6,12H2,1-4H3. The summed E-state index contributed by atoms with van der Waals surface area (Å²) < 4.78 is 6.63. The first-order valence-corrected chi connectivity index (χ1v) is 9.76. The number of esters is 1. The van der Waals surface area contributed by atoms with Crippen LogP contribution in [0.3, 0.4) is 0 Å². The van der Waals surface area contributed by atoms with Gasteiger partial charge >= 0.3 is 5.97 Å². The summed E-state index contributed by atoms with van der Waals surface area (Å²) in [6, 6.07) is 8.74. The molecule has 0 aliphatic heterocycles. The van der Waals surface area contributed by atoms with Crippen LogP contribution in [0, 0.1) is 0 Å². The largest absolute Gasteiger partial charge is 0.456 e. The molecule has 1 aromatic carbocycles. The van der Waals surface area contributed by atoms with Gasteiger partial charge in [-0.1, -0.05) is 51.2 Å². The molecule has 3 rings (SSSR count). The molecule has 142 valence electrons. The van der Waals surface area contributed by atoms with Crippen LogP contribution in [0.25, 0.3) is 4.96 Å². The fourth-order valence-electron chi connectivity index (χ4n) is 2.61. The molecule has 6 nitrogen and oxygen atoms in total. The van der Waals surface area contributed by atoms with E-state index in [1.54, 1.807) is 12.1 Å². The molecule has 0 fully saturated rings. The van der Waals surface area contributed by atoms with Gasteiger partial charge < -0.3 is 4.74 Å². The maximum Gasteiger partial charge on any atom is 0.338 e. The summed E-state index contributed by atoms with van der Waals surface area (Å²) in [5, 5.41) is 5.14. The van der Waals surface area contributed by atoms with Gasteiger partial charge in [-0.2, -0.15) is 9.61 Å². The molecule has 27 heavy (non-hydrogen) atoms. The first kappa shape index (κ1) is 19.2. The average Bonchev–Trinajstić information content (AvgIpc) is 3.02. The maximum absolute atomic E-state index is 12.3. The molecule has 3 aromatic rings. The van der Waals surface area contributed by atoms with Crippen LogP contribution in [-0.4, -0.2) is 20.6 Å². The Kier molecular flexibility index (Phi) is 5.41. The van der Waals surface area contributed by atoms with Gasteiger partial charge in [0.1, 0.15) is 11.6 Å². The number of nitrogens with zero attached hydrogens (tertiary/aromatic N) is 3. The number of ether oxygens (including phenoxy) is 1. The normalized spacial score (nSPS) is 11.7. The molecule has 0 aliphatic carbocycles. The molecule has 0 unspecified atom stereocenters. The molecule has 0 amide bonds. The van der Waals surface area contributed by atoms with E-state index in [0.29, 0.717) is 16.2 Å². The van der Waals surface area contributed by atoms with E-state index in [2.05, 4.69) is 37.8 Å². The Morgan fingerprint density at radius 2 is 1.93 bits per heavy atom. The van der Waals surface area contributed by atoms with Gasteiger partial charge in [-0.05, 0) is 29.5 Å². The third-order valence-corrected chi connectivity index (χ3v) is 5.11. The Labute approximate surface area is 161 Å². The molecule has 0 atom stereocenters. The van der Waals surface area contributed by atoms with E-state index >= 15 is 0 Å². The number of benzene rings is 1. The van der Waals surface area contributed by atoms with Crippen LogP contribution in [0.1, 0.15) is 60.7 Å². The third kappa shape index (κ3) is 4.42. The Bertz CT molecular complexity index is 1010. The van der Waals surface area contributed by atoms with E-state index in [4.69, 9.17) is 4.74 Å². The lowest BCUT2D eigenvalue weighted by Crippen LogP contribution is -2.17. The molecule has 0 saturated heterocycles. The second-order valence-electron chi connectivity index (χ2n) is 7.43. The van der Waals surface area contributed by atoms with Gasteiger partial charge in [0.15, 0.2) is 0 Å². The fourth-order valence-corrected chi connectivity index (χ4v) is 3.63. The number of hydrogen-bond donors (Lipinski definition) is 0. The van der Waals surface area contributed by atoms with Gasteiger partial charge in [0, 0.05) is 12.5 Å². The summed E-state index contributed by atoms with van der Waals surface area (Å²) in [6.07, 6.45) is 1.76. The van der Waals surface area contributed by atoms with Crippen LogP contribution in [0.2, 0.25) is 0 Å². The lowest BCUT2D eigenvalue weighted by atomic mass is 9.87. The van der Waals surface area contributed by atoms with Crippen molar-refractivity contribution in [2.75, 3.05) is 0 Å². The van der Waals surface area contributed by atoms with Crippen molar-refractivity contribution < 1.29 is 9.53 Å². The van der Waals surface area contributed by atoms with E-state index in [1.807, 2.05) is 12.1 Å². The Morgan fingerprint density at radius 3 is 2.56 bits per heavy atom. The minimum Gasteiger partial charge on any atom is -0.456 e. The van der Waals surface area contributed by atoms with E-state index in [-0.39, 0.29) is 17.6 Å². The average molecular weight is 385 g/mol. The molecule has 0 aliphatic rings. The van der Waals surface area contributed by atoms with Crippen molar-refractivity contribution in [1.82, 2.24) is 14.6 Å². The molecule has 0 bridgehead atoms. The third-order valence-electron chi connectivity index (χ3n) is 4.14. The molecule has 2 aromatic heterocycles. The first-order chi connectivity index (χ1) is 12.8. The number of fused-ring (bicyclic) bond motifs is 1. The smallest absolute Gasteiger partial charge is 0.338 e. The molecule has 7 heteroatoms. The van der Waals surface area contributed by atoms with Crippen molar-refractivity contribution in [3.8, 4) is 0 Å². The minimum atomic E-state index is -0.437. The molecular weight excluding hydrogens is 362 g/mol. The number of carbonyl (C=O) groups excluding carboxylic acids is 1. The van der Waals surface area contributed by atoms with E-state index in [0.717, 1.165) is 23.4 Å². The monoisotopic (exact) mass is 385 g/mol. The van der Waals surface area contributed by atoms with Crippen LogP contribution in [0.15, 0.2) is 35.1 Å². The van der Waals surface area contributed by atoms with Gasteiger partial charge in [-0.3, -0.25) is 4.79 Å². The van der Waals surface area contributed by atoms with Gasteiger partial charge in [-0.25, -0.2) is 9.78 Å². The van der Waals surface area contributed by atoms with E-state index in [9.17, 15) is 9.59 Å². The number of carbonyl (C=O) groups is 1. The van der Waals surface area contributed by atoms with Crippen LogP contribution < -0.4 is 5.56 Å². The summed E-state index contributed by atoms with van der Waals surface area (Å²) in [4.78, 5) is 29.4. The number of hydrogen-bond acceptors (Lipinski definition) is 6. The molecule has 2 heterocycles. The predicted molar refractivity (Wildman–Crippen MR) is 105 cm³/mol. The number of rotatable bonds is 5. The van der Waals surface area contributed by atoms with Crippen molar-refractivity contribution in [2.45, 2.75) is 52.6 Å². The minimum absolute atomic E-state index is 0.0231. The van der Waals surface area contributed by atoms with Crippen LogP contribution >= 0.6 is 11.3 Å². The fraction of sp³-hybridized carbons (Fsp3) is 0.400. The van der Waals surface area contributed by atoms with Gasteiger partial charge in [0.2, 0.25) is 4.96 Å². The highest BCUT2D eigenvalue weighted by Gasteiger charge is 2.15. The topological polar surface area (TPSA) is 73.6 Å². The number of aryl methyl sites for hydroxylation is 1. The SMILES string of the molecule is CCCc1nn2c(=O)cc(COC(=O)c3ccc(C(C)(C)C)cc3)nc2s1. The zero-order valence-corrected chi connectivity index (χ0v) is 16.8. The second-order valence-corrected chi connectivity index (χ2v) is 8.47. The lowest BCUT2D eigenvalue weighted by molar-refractivity contribution is 0.0467. The van der Waals surface area contributed by atoms with Crippen molar-refractivity contribution in [2.24, 2.45) is 0 Å². The predicted octanol–water partition coefficient (Wildman–Crippen LogP) is 3.76. The van der Waals surface area contributed by atoms with Crippen LogP contribution in [0.4, 0.5) is 0 Å². The Morgan fingerprint density at radius 1 is 1.22 bits per heavy atom. The number of aromatic nitrogens is 3. The first-order valence-electron chi connectivity index (χ1n) is 8.94. The highest BCUT2D eigenvalue weighted by Crippen LogP contribution is 2.22. The molecule has 0 saturated carbocycles. The van der Waals surface area contributed by atoms with Crippen molar-refractivity contribution in [1.29, 1.82) is 0 Å². The highest BCUT2D eigenvalue weighted by molar-refractivity contribution is 7.16. The van der Waals surface area contributed by atoms with Gasteiger partial charge in [0.25, 0.3) is 5.56 Å². The molecule has 0 N–H and O–H groups in total. The van der Waals surface area contributed by atoms with Gasteiger partial charge in [0.05, 0.1) is 11.3 Å². The highest BCUT2D eigenvalue weighted by atomic mass is 32.1. The summed E-state index contributed by atoms with van der Waals surface area (Å²) in [7, 11) is 0. The summed E-state index contributed by atoms with van der Waals surface area (Å²) in [5.74, 6) is -0.437. The van der Waals surface area contributed by atoms with E-state index < -0.39 is 5.97 Å². The van der Waals surface area contributed by atoms with Gasteiger partial charge in [-0.15, -0.1) is 0 Å². The summed E-state index contributed by atoms with van der Waals surface area (Å²) >= 11 is 1.38. The van der Waals surface area contributed by atoms with Crippen LogP contribution in [0.5, 0.6) is 0 Å². The van der Waals surface area contributed by atoms with Crippen LogP contribution in [-0.2, 0) is 23.2 Å². The Hall–Kier alpha value is -2.54. The molecule has 0 radical (unpaired) electrons. The molecular formula is C20H23N3O3S. The zero-order chi connectivity index (χ0) is 19.6. The second kappa shape index (κ2) is 7.60. The summed E-state index contributed by atoms with van der Waals surface area (Å²) in [6.45, 7) is 8.36. The zero-order valence-electron chi connectivity index (χ0n) is 16.0. The van der Waals surface area contributed by atoms with Crippen molar-refractivity contribution in [3.05, 3.63) is 62.5 Å². The van der Waals surface area contributed by atoms with Crippen molar-refractivity contribution in [3.63, 3.8) is 0 Å². The molecule has 0 spiro atoms. The summed E-state index contributed by atoms with van der Waals surface area (Å²) in [5.41, 5.74) is 1.80. The Balaban J connectivity index is 1.72. The van der Waals surface area contributed by atoms with E-state index in [1.165, 1.54) is 21.9 Å². The maximum atomic E-state index is 12.3. The quantitative estimate of drug-likeness (QED) is 0.625.